The molecule has 7 nitrogen and oxygen atoms in total. The lowest BCUT2D eigenvalue weighted by Crippen LogP contribution is -2.12. The van der Waals surface area contributed by atoms with E-state index in [9.17, 15) is 14.9 Å². The van der Waals surface area contributed by atoms with E-state index in [4.69, 9.17) is 34.8 Å². The minimum atomic E-state index is -0.579. The van der Waals surface area contributed by atoms with Crippen LogP contribution < -0.4 is 5.32 Å². The fourth-order valence-electron chi connectivity index (χ4n) is 2.15. The van der Waals surface area contributed by atoms with Crippen LogP contribution in [0.4, 0.5) is 11.4 Å². The molecule has 0 bridgehead atoms. The standard InChI is InChI=1S/C16H9Cl3N4O3/c17-10-3-1-8(5-12(10)19)13-7-15(22-21-13)16(24)20-14-6-9(23(25)26)2-4-11(14)18/h1-7H,(H,20,24)(H,21,22). The number of nitrogens with zero attached hydrogens (tertiary/aromatic N) is 2. The lowest BCUT2D eigenvalue weighted by atomic mass is 10.1. The van der Waals surface area contributed by atoms with Crippen LogP contribution in [0, 0.1) is 10.1 Å². The molecule has 1 aromatic heterocycles. The van der Waals surface area contributed by atoms with Gasteiger partial charge < -0.3 is 5.32 Å². The van der Waals surface area contributed by atoms with Crippen molar-refractivity contribution in [2.24, 2.45) is 0 Å². The summed E-state index contributed by atoms with van der Waals surface area (Å²) in [4.78, 5) is 22.6. The predicted octanol–water partition coefficient (Wildman–Crippen LogP) is 5.20. The third-order valence-corrected chi connectivity index (χ3v) is 4.52. The molecule has 0 saturated heterocycles. The lowest BCUT2D eigenvalue weighted by molar-refractivity contribution is -0.384. The van der Waals surface area contributed by atoms with Gasteiger partial charge in [-0.1, -0.05) is 40.9 Å². The molecule has 2 aromatic carbocycles. The average Bonchev–Trinajstić information content (AvgIpc) is 3.09. The normalized spacial score (nSPS) is 10.6. The van der Waals surface area contributed by atoms with E-state index in [1.54, 1.807) is 18.2 Å². The largest absolute Gasteiger partial charge is 0.319 e. The first-order chi connectivity index (χ1) is 12.3. The number of H-pyrrole nitrogens is 1. The Kier molecular flexibility index (Phi) is 5.13. The van der Waals surface area contributed by atoms with Gasteiger partial charge in [-0.25, -0.2) is 0 Å². The van der Waals surface area contributed by atoms with Gasteiger partial charge in [-0.2, -0.15) is 5.10 Å². The molecular weight excluding hydrogens is 403 g/mol. The number of halogens is 3. The average molecular weight is 412 g/mol. The number of nitro benzene ring substituents is 1. The van der Waals surface area contributed by atoms with Crippen LogP contribution >= 0.6 is 34.8 Å². The van der Waals surface area contributed by atoms with Crippen molar-refractivity contribution in [1.29, 1.82) is 0 Å². The minimum Gasteiger partial charge on any atom is -0.319 e. The number of nitrogens with one attached hydrogen (secondary N) is 2. The Morgan fingerprint density at radius 3 is 2.46 bits per heavy atom. The second kappa shape index (κ2) is 7.33. The van der Waals surface area contributed by atoms with Gasteiger partial charge in [-0.15, -0.1) is 0 Å². The van der Waals surface area contributed by atoms with Crippen LogP contribution in [0.2, 0.25) is 15.1 Å². The molecule has 132 valence electrons. The third-order valence-electron chi connectivity index (χ3n) is 3.45. The number of rotatable bonds is 4. The quantitative estimate of drug-likeness (QED) is 0.455. The second-order valence-corrected chi connectivity index (χ2v) is 6.39. The molecule has 0 atom stereocenters. The van der Waals surface area contributed by atoms with Crippen molar-refractivity contribution in [2.75, 3.05) is 5.32 Å². The van der Waals surface area contributed by atoms with Crippen LogP contribution in [-0.4, -0.2) is 21.0 Å². The zero-order chi connectivity index (χ0) is 18.8. The Morgan fingerprint density at radius 2 is 1.77 bits per heavy atom. The molecule has 1 amide bonds. The number of nitro groups is 1. The highest BCUT2D eigenvalue weighted by atomic mass is 35.5. The van der Waals surface area contributed by atoms with Gasteiger partial charge in [-0.05, 0) is 24.3 Å². The van der Waals surface area contributed by atoms with E-state index in [1.807, 2.05) is 0 Å². The summed E-state index contributed by atoms with van der Waals surface area (Å²) in [5, 5.41) is 21.0. The summed E-state index contributed by atoms with van der Waals surface area (Å²) in [5.74, 6) is -0.550. The van der Waals surface area contributed by atoms with Crippen LogP contribution in [0.15, 0.2) is 42.5 Å². The first kappa shape index (κ1) is 18.2. The number of aromatic amines is 1. The number of hydrogen-bond acceptors (Lipinski definition) is 4. The molecule has 1 heterocycles. The molecule has 3 rings (SSSR count). The van der Waals surface area contributed by atoms with E-state index in [-0.39, 0.29) is 22.1 Å². The second-order valence-electron chi connectivity index (χ2n) is 5.17. The van der Waals surface area contributed by atoms with E-state index in [0.717, 1.165) is 0 Å². The van der Waals surface area contributed by atoms with Crippen molar-refractivity contribution < 1.29 is 9.72 Å². The molecule has 10 heteroatoms. The van der Waals surface area contributed by atoms with Crippen molar-refractivity contribution in [2.45, 2.75) is 0 Å². The number of carbonyl (C=O) groups excluding carboxylic acids is 1. The van der Waals surface area contributed by atoms with Crippen molar-refractivity contribution in [1.82, 2.24) is 10.2 Å². The Morgan fingerprint density at radius 1 is 1.04 bits per heavy atom. The summed E-state index contributed by atoms with van der Waals surface area (Å²) in [6.07, 6.45) is 0. The van der Waals surface area contributed by atoms with E-state index in [2.05, 4.69) is 15.5 Å². The van der Waals surface area contributed by atoms with Gasteiger partial charge in [0, 0.05) is 17.7 Å². The Labute approximate surface area is 162 Å². The highest BCUT2D eigenvalue weighted by Gasteiger charge is 2.16. The van der Waals surface area contributed by atoms with Gasteiger partial charge in [0.2, 0.25) is 0 Å². The number of non-ortho nitro benzene ring substituents is 1. The maximum Gasteiger partial charge on any atom is 0.273 e. The highest BCUT2D eigenvalue weighted by molar-refractivity contribution is 6.42. The summed E-state index contributed by atoms with van der Waals surface area (Å²) in [6, 6.07) is 10.2. The molecule has 0 saturated carbocycles. The van der Waals surface area contributed by atoms with Crippen molar-refractivity contribution in [3.63, 3.8) is 0 Å². The maximum atomic E-state index is 12.4. The molecular formula is C16H9Cl3N4O3. The van der Waals surface area contributed by atoms with Gasteiger partial charge in [0.1, 0.15) is 5.69 Å². The fraction of sp³-hybridized carbons (Fsp3) is 0. The zero-order valence-corrected chi connectivity index (χ0v) is 15.1. The van der Waals surface area contributed by atoms with Crippen molar-refractivity contribution >= 4 is 52.1 Å². The summed E-state index contributed by atoms with van der Waals surface area (Å²) < 4.78 is 0. The van der Waals surface area contributed by atoms with E-state index in [1.165, 1.54) is 24.3 Å². The molecule has 2 N–H and O–H groups in total. The molecule has 26 heavy (non-hydrogen) atoms. The number of hydrogen-bond donors (Lipinski definition) is 2. The van der Waals surface area contributed by atoms with Gasteiger partial charge in [0.15, 0.2) is 0 Å². The van der Waals surface area contributed by atoms with Crippen LogP contribution in [0.3, 0.4) is 0 Å². The highest BCUT2D eigenvalue weighted by Crippen LogP contribution is 2.29. The predicted molar refractivity (Wildman–Crippen MR) is 100 cm³/mol. The van der Waals surface area contributed by atoms with Crippen LogP contribution in [0.5, 0.6) is 0 Å². The fourth-order valence-corrected chi connectivity index (χ4v) is 2.62. The van der Waals surface area contributed by atoms with Gasteiger partial charge in [-0.3, -0.25) is 20.0 Å². The van der Waals surface area contributed by atoms with Crippen LogP contribution in [-0.2, 0) is 0 Å². The molecule has 0 radical (unpaired) electrons. The van der Waals surface area contributed by atoms with Crippen LogP contribution in [0.25, 0.3) is 11.3 Å². The number of benzene rings is 2. The third kappa shape index (κ3) is 3.80. The summed E-state index contributed by atoms with van der Waals surface area (Å²) in [7, 11) is 0. The monoisotopic (exact) mass is 410 g/mol. The Balaban J connectivity index is 1.83. The Bertz CT molecular complexity index is 1020. The number of carbonyl (C=O) groups is 1. The molecule has 0 unspecified atom stereocenters. The van der Waals surface area contributed by atoms with E-state index < -0.39 is 10.8 Å². The molecule has 0 aliphatic heterocycles. The smallest absolute Gasteiger partial charge is 0.273 e. The maximum absolute atomic E-state index is 12.4. The van der Waals surface area contributed by atoms with Gasteiger partial charge in [0.25, 0.3) is 11.6 Å². The summed E-state index contributed by atoms with van der Waals surface area (Å²) >= 11 is 17.8. The SMILES string of the molecule is O=C(Nc1cc([N+](=O)[O-])ccc1Cl)c1cc(-c2ccc(Cl)c(Cl)c2)n[nH]1. The minimum absolute atomic E-state index is 0.122. The molecule has 0 aliphatic rings. The lowest BCUT2D eigenvalue weighted by Gasteiger charge is -2.05. The Hall–Kier alpha value is -2.61. The van der Waals surface area contributed by atoms with Crippen molar-refractivity contribution in [3.05, 3.63) is 73.3 Å². The van der Waals surface area contributed by atoms with Gasteiger partial charge >= 0.3 is 0 Å². The number of anilines is 1. The zero-order valence-electron chi connectivity index (χ0n) is 12.8. The topological polar surface area (TPSA) is 101 Å². The first-order valence-electron chi connectivity index (χ1n) is 7.11. The molecule has 0 aliphatic carbocycles. The van der Waals surface area contributed by atoms with Crippen molar-refractivity contribution in [3.8, 4) is 11.3 Å². The van der Waals surface area contributed by atoms with E-state index in [0.29, 0.717) is 21.3 Å². The number of aromatic nitrogens is 2. The summed E-state index contributed by atoms with van der Waals surface area (Å²) in [5.41, 5.74) is 1.23. The molecule has 0 fully saturated rings. The van der Waals surface area contributed by atoms with Gasteiger partial charge in [0.05, 0.1) is 31.4 Å². The molecule has 3 aromatic rings. The molecule has 0 spiro atoms. The summed E-state index contributed by atoms with van der Waals surface area (Å²) in [6.45, 7) is 0. The van der Waals surface area contributed by atoms with Crippen LogP contribution in [0.1, 0.15) is 10.5 Å². The van der Waals surface area contributed by atoms with E-state index >= 15 is 0 Å². The number of amides is 1. The first-order valence-corrected chi connectivity index (χ1v) is 8.24.